The highest BCUT2D eigenvalue weighted by molar-refractivity contribution is 7.99. The van der Waals surface area contributed by atoms with Crippen molar-refractivity contribution in [2.75, 3.05) is 23.0 Å². The van der Waals surface area contributed by atoms with Crippen molar-refractivity contribution in [1.29, 1.82) is 0 Å². The normalized spacial score (nSPS) is 11.0. The van der Waals surface area contributed by atoms with E-state index in [0.29, 0.717) is 34.5 Å². The van der Waals surface area contributed by atoms with Crippen molar-refractivity contribution in [2.24, 2.45) is 0 Å². The largest absolute Gasteiger partial charge is 0.494 e. The zero-order valence-electron chi connectivity index (χ0n) is 18.8. The minimum absolute atomic E-state index is 0.112. The van der Waals surface area contributed by atoms with Gasteiger partial charge in [-0.25, -0.2) is 10.1 Å². The Kier molecular flexibility index (Phi) is 6.36. The fraction of sp³-hybridized carbons (Fsp3) is 0.120. The molecular formula is C25H22N6O3S. The van der Waals surface area contributed by atoms with Gasteiger partial charge in [-0.05, 0) is 55.5 Å². The third-order valence-corrected chi connectivity index (χ3v) is 6.14. The lowest BCUT2D eigenvalue weighted by Gasteiger charge is -2.12. The molecule has 176 valence electrons. The molecule has 0 unspecified atom stereocenters. The lowest BCUT2D eigenvalue weighted by atomic mass is 10.1. The zero-order chi connectivity index (χ0) is 24.2. The number of hydrogen-bond acceptors (Lipinski definition) is 6. The lowest BCUT2D eigenvalue weighted by molar-refractivity contribution is -0.113. The summed E-state index contributed by atoms with van der Waals surface area (Å²) in [6, 6.07) is 21.7. The summed E-state index contributed by atoms with van der Waals surface area (Å²) in [5.74, 6) is 0.883. The molecule has 9 nitrogen and oxygen atoms in total. The molecule has 0 radical (unpaired) electrons. The van der Waals surface area contributed by atoms with Crippen molar-refractivity contribution in [3.8, 4) is 5.75 Å². The SMILES string of the molecule is CCOc1ccc(NC(=O)c2ccccc2NC(=O)CSc2n[nH]c3nc4ccccc4n23)cc1. The Bertz CT molecular complexity index is 1510. The van der Waals surface area contributed by atoms with Gasteiger partial charge in [0.1, 0.15) is 5.75 Å². The Morgan fingerprint density at radius 2 is 1.77 bits per heavy atom. The summed E-state index contributed by atoms with van der Waals surface area (Å²) >= 11 is 1.28. The molecule has 3 N–H and O–H groups in total. The van der Waals surface area contributed by atoms with Gasteiger partial charge in [-0.1, -0.05) is 36.0 Å². The van der Waals surface area contributed by atoms with Crippen LogP contribution in [0.4, 0.5) is 11.4 Å². The number of thioether (sulfide) groups is 1. The first kappa shape index (κ1) is 22.5. The Morgan fingerprint density at radius 3 is 2.60 bits per heavy atom. The maximum absolute atomic E-state index is 12.9. The van der Waals surface area contributed by atoms with Gasteiger partial charge in [-0.2, -0.15) is 0 Å². The van der Waals surface area contributed by atoms with Gasteiger partial charge >= 0.3 is 0 Å². The molecule has 3 aromatic carbocycles. The molecule has 0 saturated heterocycles. The van der Waals surface area contributed by atoms with Crippen molar-refractivity contribution >= 4 is 51.8 Å². The summed E-state index contributed by atoms with van der Waals surface area (Å²) in [6.07, 6.45) is 0. The van der Waals surface area contributed by atoms with Crippen molar-refractivity contribution in [1.82, 2.24) is 19.6 Å². The van der Waals surface area contributed by atoms with Crippen molar-refractivity contribution in [3.63, 3.8) is 0 Å². The molecule has 0 fully saturated rings. The number of aromatic amines is 1. The van der Waals surface area contributed by atoms with E-state index in [4.69, 9.17) is 4.74 Å². The number of anilines is 2. The number of nitrogens with one attached hydrogen (secondary N) is 3. The number of benzene rings is 3. The third kappa shape index (κ3) is 4.82. The number of fused-ring (bicyclic) bond motifs is 3. The number of amides is 2. The molecule has 0 bridgehead atoms. The summed E-state index contributed by atoms with van der Waals surface area (Å²) in [5, 5.41) is 13.5. The fourth-order valence-corrected chi connectivity index (χ4v) is 4.40. The Labute approximate surface area is 204 Å². The number of ether oxygens (including phenoxy) is 1. The number of hydrogen-bond donors (Lipinski definition) is 3. The van der Waals surface area contributed by atoms with Crippen LogP contribution < -0.4 is 15.4 Å². The second-order valence-electron chi connectivity index (χ2n) is 7.56. The monoisotopic (exact) mass is 486 g/mol. The third-order valence-electron chi connectivity index (χ3n) is 5.20. The molecule has 2 amide bonds. The molecule has 0 saturated carbocycles. The van der Waals surface area contributed by atoms with Crippen LogP contribution in [-0.2, 0) is 4.79 Å². The highest BCUT2D eigenvalue weighted by Crippen LogP contribution is 2.24. The van der Waals surface area contributed by atoms with Crippen LogP contribution in [0.5, 0.6) is 5.75 Å². The molecule has 0 aliphatic heterocycles. The van der Waals surface area contributed by atoms with Crippen LogP contribution in [0, 0.1) is 0 Å². The standard InChI is InChI=1S/C25H22N6O3S/c1-2-34-17-13-11-16(12-14-17)26-23(33)18-7-3-4-8-19(18)27-22(32)15-35-25-30-29-24-28-20-9-5-6-10-21(20)31(24)25/h3-14H,2,15H2,1H3,(H,26,33)(H,27,32)(H,28,29). The fourth-order valence-electron chi connectivity index (χ4n) is 3.65. The summed E-state index contributed by atoms with van der Waals surface area (Å²) < 4.78 is 7.31. The minimum atomic E-state index is -0.323. The smallest absolute Gasteiger partial charge is 0.257 e. The average molecular weight is 487 g/mol. The number of imidazole rings is 1. The molecular weight excluding hydrogens is 464 g/mol. The van der Waals surface area contributed by atoms with Gasteiger partial charge in [0.25, 0.3) is 5.91 Å². The number of carbonyl (C=O) groups is 2. The van der Waals surface area contributed by atoms with Gasteiger partial charge in [0, 0.05) is 5.69 Å². The average Bonchev–Trinajstić information content (AvgIpc) is 3.44. The van der Waals surface area contributed by atoms with Gasteiger partial charge in [0.05, 0.1) is 34.6 Å². The second kappa shape index (κ2) is 9.90. The van der Waals surface area contributed by atoms with Gasteiger partial charge in [-0.15, -0.1) is 5.10 Å². The van der Waals surface area contributed by atoms with E-state index in [2.05, 4.69) is 25.8 Å². The van der Waals surface area contributed by atoms with Crippen LogP contribution in [0.2, 0.25) is 0 Å². The van der Waals surface area contributed by atoms with E-state index >= 15 is 0 Å². The van der Waals surface area contributed by atoms with E-state index in [1.807, 2.05) is 35.6 Å². The number of H-pyrrole nitrogens is 1. The first-order valence-corrected chi connectivity index (χ1v) is 12.0. The maximum Gasteiger partial charge on any atom is 0.257 e. The summed E-state index contributed by atoms with van der Waals surface area (Å²) in [7, 11) is 0. The van der Waals surface area contributed by atoms with E-state index in [1.165, 1.54) is 11.8 Å². The lowest BCUT2D eigenvalue weighted by Crippen LogP contribution is -2.19. The number of carbonyl (C=O) groups excluding carboxylic acids is 2. The van der Waals surface area contributed by atoms with E-state index in [1.54, 1.807) is 48.5 Å². The minimum Gasteiger partial charge on any atom is -0.494 e. The highest BCUT2D eigenvalue weighted by Gasteiger charge is 2.16. The van der Waals surface area contributed by atoms with Crippen molar-refractivity contribution in [3.05, 3.63) is 78.4 Å². The first-order valence-electron chi connectivity index (χ1n) is 11.0. The molecule has 2 heterocycles. The molecule has 5 aromatic rings. The zero-order valence-corrected chi connectivity index (χ0v) is 19.6. The molecule has 2 aromatic heterocycles. The van der Waals surface area contributed by atoms with Crippen LogP contribution in [0.25, 0.3) is 16.8 Å². The van der Waals surface area contributed by atoms with E-state index in [0.717, 1.165) is 16.8 Å². The Hall–Kier alpha value is -4.31. The van der Waals surface area contributed by atoms with Crippen LogP contribution in [0.15, 0.2) is 78.0 Å². The van der Waals surface area contributed by atoms with Gasteiger partial charge in [-0.3, -0.25) is 14.0 Å². The molecule has 0 aliphatic carbocycles. The highest BCUT2D eigenvalue weighted by atomic mass is 32.2. The quantitative estimate of drug-likeness (QED) is 0.277. The number of aromatic nitrogens is 4. The number of rotatable bonds is 8. The van der Waals surface area contributed by atoms with Gasteiger partial charge in [0.2, 0.25) is 11.7 Å². The first-order chi connectivity index (χ1) is 17.1. The maximum atomic E-state index is 12.9. The second-order valence-corrected chi connectivity index (χ2v) is 8.50. The molecule has 0 spiro atoms. The summed E-state index contributed by atoms with van der Waals surface area (Å²) in [4.78, 5) is 30.1. The Morgan fingerprint density at radius 1 is 1.00 bits per heavy atom. The van der Waals surface area contributed by atoms with Crippen LogP contribution in [-0.4, -0.2) is 43.8 Å². The van der Waals surface area contributed by atoms with Crippen LogP contribution in [0.1, 0.15) is 17.3 Å². The molecule has 35 heavy (non-hydrogen) atoms. The molecule has 0 aliphatic rings. The summed E-state index contributed by atoms with van der Waals surface area (Å²) in [6.45, 7) is 2.48. The van der Waals surface area contributed by atoms with Gasteiger partial charge < -0.3 is 15.4 Å². The predicted octanol–water partition coefficient (Wildman–Crippen LogP) is 4.59. The van der Waals surface area contributed by atoms with Gasteiger partial charge in [0.15, 0.2) is 5.16 Å². The van der Waals surface area contributed by atoms with Crippen LogP contribution in [0.3, 0.4) is 0 Å². The Balaban J connectivity index is 1.26. The topological polar surface area (TPSA) is 113 Å². The van der Waals surface area contributed by atoms with Crippen molar-refractivity contribution in [2.45, 2.75) is 12.1 Å². The molecule has 10 heteroatoms. The number of nitrogens with zero attached hydrogens (tertiary/aromatic N) is 3. The van der Waals surface area contributed by atoms with E-state index in [-0.39, 0.29) is 17.6 Å². The number of para-hydroxylation sites is 3. The van der Waals surface area contributed by atoms with E-state index in [9.17, 15) is 9.59 Å². The molecule has 5 rings (SSSR count). The predicted molar refractivity (Wildman–Crippen MR) is 136 cm³/mol. The van der Waals surface area contributed by atoms with Crippen LogP contribution >= 0.6 is 11.8 Å². The van der Waals surface area contributed by atoms with E-state index < -0.39 is 0 Å². The molecule has 0 atom stereocenters. The van der Waals surface area contributed by atoms with Crippen molar-refractivity contribution < 1.29 is 14.3 Å². The summed E-state index contributed by atoms with van der Waals surface area (Å²) in [5.41, 5.74) is 3.19.